The fraction of sp³-hybridized carbons (Fsp3) is 0.692. The van der Waals surface area contributed by atoms with Gasteiger partial charge in [0.15, 0.2) is 0 Å². The molecule has 1 unspecified atom stereocenters. The Morgan fingerprint density at radius 1 is 1.53 bits per heavy atom. The highest BCUT2D eigenvalue weighted by atomic mass is 16.5. The molecule has 6 heteroatoms. The molecule has 1 atom stereocenters. The monoisotopic (exact) mass is 265 g/mol. The van der Waals surface area contributed by atoms with Gasteiger partial charge in [-0.1, -0.05) is 13.8 Å². The Labute approximate surface area is 114 Å². The molecule has 0 radical (unpaired) electrons. The van der Waals surface area contributed by atoms with Gasteiger partial charge >= 0.3 is 0 Å². The Morgan fingerprint density at radius 3 is 3.00 bits per heavy atom. The van der Waals surface area contributed by atoms with Gasteiger partial charge in [-0.05, 0) is 7.05 Å². The van der Waals surface area contributed by atoms with Crippen molar-refractivity contribution in [2.24, 2.45) is 0 Å². The van der Waals surface area contributed by atoms with Gasteiger partial charge in [0.05, 0.1) is 12.7 Å². The Bertz CT molecular complexity index is 423. The van der Waals surface area contributed by atoms with Crippen molar-refractivity contribution in [3.05, 3.63) is 11.9 Å². The third-order valence-corrected chi connectivity index (χ3v) is 3.13. The van der Waals surface area contributed by atoms with E-state index in [0.29, 0.717) is 5.82 Å². The van der Waals surface area contributed by atoms with Crippen LogP contribution in [0.25, 0.3) is 0 Å². The van der Waals surface area contributed by atoms with Crippen molar-refractivity contribution >= 4 is 11.6 Å². The maximum Gasteiger partial charge on any atom is 0.135 e. The van der Waals surface area contributed by atoms with Crippen molar-refractivity contribution in [3.63, 3.8) is 0 Å². The molecule has 6 nitrogen and oxygen atoms in total. The number of aromatic nitrogens is 2. The molecule has 0 aromatic carbocycles. The van der Waals surface area contributed by atoms with Crippen molar-refractivity contribution in [2.45, 2.75) is 25.9 Å². The highest BCUT2D eigenvalue weighted by Crippen LogP contribution is 2.15. The van der Waals surface area contributed by atoms with E-state index in [4.69, 9.17) is 10.5 Å². The molecule has 1 fully saturated rings. The lowest BCUT2D eigenvalue weighted by Gasteiger charge is -2.30. The molecule has 1 aromatic rings. The summed E-state index contributed by atoms with van der Waals surface area (Å²) in [5.74, 6) is 2.31. The van der Waals surface area contributed by atoms with E-state index in [1.54, 1.807) is 6.07 Å². The molecular weight excluding hydrogens is 242 g/mol. The predicted molar refractivity (Wildman–Crippen MR) is 76.3 cm³/mol. The lowest BCUT2D eigenvalue weighted by atomic mass is 10.2. The number of rotatable bonds is 4. The van der Waals surface area contributed by atoms with Gasteiger partial charge in [-0.3, -0.25) is 0 Å². The first kappa shape index (κ1) is 14.0. The molecule has 1 saturated heterocycles. The van der Waals surface area contributed by atoms with Crippen LogP contribution >= 0.6 is 0 Å². The van der Waals surface area contributed by atoms with Crippen LogP contribution in [0.2, 0.25) is 0 Å². The highest BCUT2D eigenvalue weighted by molar-refractivity contribution is 5.45. The van der Waals surface area contributed by atoms with Crippen LogP contribution in [0.5, 0.6) is 0 Å². The zero-order valence-corrected chi connectivity index (χ0v) is 11.9. The summed E-state index contributed by atoms with van der Waals surface area (Å²) >= 11 is 0. The molecule has 3 N–H and O–H groups in total. The van der Waals surface area contributed by atoms with Crippen LogP contribution in [-0.2, 0) is 4.74 Å². The summed E-state index contributed by atoms with van der Waals surface area (Å²) in [6.07, 6.45) is 0.192. The van der Waals surface area contributed by atoms with Crippen molar-refractivity contribution in [3.8, 4) is 0 Å². The quantitative estimate of drug-likeness (QED) is 0.843. The van der Waals surface area contributed by atoms with E-state index in [1.807, 2.05) is 0 Å². The van der Waals surface area contributed by atoms with Crippen LogP contribution in [0.1, 0.15) is 25.6 Å². The number of nitrogen functional groups attached to an aromatic ring is 1. The van der Waals surface area contributed by atoms with Crippen molar-refractivity contribution in [1.29, 1.82) is 0 Å². The summed E-state index contributed by atoms with van der Waals surface area (Å²) in [5.41, 5.74) is 5.80. The van der Waals surface area contributed by atoms with E-state index in [2.05, 4.69) is 41.1 Å². The standard InChI is InChI=1S/C13H23N5O/c1-9(2)13-16-11(14)6-12(17-13)15-7-10-8-18(3)4-5-19-10/h6,9-10H,4-5,7-8H2,1-3H3,(H3,14,15,16,17). The van der Waals surface area contributed by atoms with E-state index >= 15 is 0 Å². The number of nitrogens with two attached hydrogens (primary N) is 1. The molecule has 0 amide bonds. The SMILES string of the molecule is CC(C)c1nc(N)cc(NCC2CN(C)CCO2)n1. The number of ether oxygens (including phenoxy) is 1. The minimum Gasteiger partial charge on any atom is -0.384 e. The molecule has 106 valence electrons. The van der Waals surface area contributed by atoms with E-state index < -0.39 is 0 Å². The van der Waals surface area contributed by atoms with Gasteiger partial charge in [0.2, 0.25) is 0 Å². The van der Waals surface area contributed by atoms with Crippen LogP contribution in [0.3, 0.4) is 0 Å². The number of morpholine rings is 1. The van der Waals surface area contributed by atoms with E-state index in [1.165, 1.54) is 0 Å². The van der Waals surface area contributed by atoms with Crippen LogP contribution in [-0.4, -0.2) is 54.3 Å². The lowest BCUT2D eigenvalue weighted by molar-refractivity contribution is -0.0117. The predicted octanol–water partition coefficient (Wildman–Crippen LogP) is 0.925. The maximum absolute atomic E-state index is 5.80. The van der Waals surface area contributed by atoms with Gasteiger partial charge in [0.1, 0.15) is 17.5 Å². The fourth-order valence-corrected chi connectivity index (χ4v) is 2.04. The number of nitrogens with zero attached hydrogens (tertiary/aromatic N) is 3. The zero-order valence-electron chi connectivity index (χ0n) is 11.9. The highest BCUT2D eigenvalue weighted by Gasteiger charge is 2.17. The smallest absolute Gasteiger partial charge is 0.135 e. The number of hydrogen-bond acceptors (Lipinski definition) is 6. The maximum atomic E-state index is 5.80. The molecule has 19 heavy (non-hydrogen) atoms. The first-order valence-corrected chi connectivity index (χ1v) is 6.73. The topological polar surface area (TPSA) is 76.3 Å². The Hall–Kier alpha value is -1.40. The van der Waals surface area contributed by atoms with Gasteiger partial charge in [-0.15, -0.1) is 0 Å². The van der Waals surface area contributed by atoms with E-state index in [-0.39, 0.29) is 12.0 Å². The second-order valence-electron chi connectivity index (χ2n) is 5.33. The second kappa shape index (κ2) is 6.16. The van der Waals surface area contributed by atoms with Crippen molar-refractivity contribution in [2.75, 3.05) is 44.3 Å². The largest absolute Gasteiger partial charge is 0.384 e. The summed E-state index contributed by atoms with van der Waals surface area (Å²) in [7, 11) is 2.11. The summed E-state index contributed by atoms with van der Waals surface area (Å²) < 4.78 is 5.70. The summed E-state index contributed by atoms with van der Waals surface area (Å²) in [5, 5.41) is 3.29. The molecular formula is C13H23N5O. The molecule has 1 aliphatic rings. The lowest BCUT2D eigenvalue weighted by Crippen LogP contribution is -2.43. The van der Waals surface area contributed by atoms with Crippen molar-refractivity contribution in [1.82, 2.24) is 14.9 Å². The normalized spacial score (nSPS) is 20.7. The first-order valence-electron chi connectivity index (χ1n) is 6.73. The molecule has 1 aliphatic heterocycles. The zero-order chi connectivity index (χ0) is 13.8. The van der Waals surface area contributed by atoms with Gasteiger partial charge in [-0.2, -0.15) is 0 Å². The van der Waals surface area contributed by atoms with E-state index in [0.717, 1.165) is 37.9 Å². The second-order valence-corrected chi connectivity index (χ2v) is 5.33. The third kappa shape index (κ3) is 4.04. The number of likely N-dealkylation sites (N-methyl/N-ethyl adjacent to an activating group) is 1. The van der Waals surface area contributed by atoms with Crippen LogP contribution in [0.15, 0.2) is 6.07 Å². The first-order chi connectivity index (χ1) is 9.04. The van der Waals surface area contributed by atoms with E-state index in [9.17, 15) is 0 Å². The van der Waals surface area contributed by atoms with Crippen LogP contribution < -0.4 is 11.1 Å². The molecule has 2 rings (SSSR count). The van der Waals surface area contributed by atoms with Gasteiger partial charge in [0, 0.05) is 31.6 Å². The number of hydrogen-bond donors (Lipinski definition) is 2. The van der Waals surface area contributed by atoms with Crippen LogP contribution in [0, 0.1) is 0 Å². The van der Waals surface area contributed by atoms with Crippen molar-refractivity contribution < 1.29 is 4.74 Å². The molecule has 1 aromatic heterocycles. The Kier molecular flexibility index (Phi) is 4.55. The molecule has 0 aliphatic carbocycles. The minimum absolute atomic E-state index is 0.192. The fourth-order valence-electron chi connectivity index (χ4n) is 2.04. The molecule has 2 heterocycles. The molecule has 0 saturated carbocycles. The van der Waals surface area contributed by atoms with Gasteiger partial charge in [0.25, 0.3) is 0 Å². The van der Waals surface area contributed by atoms with Crippen LogP contribution in [0.4, 0.5) is 11.6 Å². The van der Waals surface area contributed by atoms with Gasteiger partial charge < -0.3 is 20.7 Å². The van der Waals surface area contributed by atoms with Gasteiger partial charge in [-0.25, -0.2) is 9.97 Å². The average molecular weight is 265 g/mol. The number of anilines is 2. The summed E-state index contributed by atoms with van der Waals surface area (Å²) in [4.78, 5) is 11.0. The molecule has 0 spiro atoms. The minimum atomic E-state index is 0.192. The third-order valence-electron chi connectivity index (χ3n) is 3.13. The summed E-state index contributed by atoms with van der Waals surface area (Å²) in [6.45, 7) is 7.55. The Morgan fingerprint density at radius 2 is 2.32 bits per heavy atom. The Balaban J connectivity index is 1.95. The summed E-state index contributed by atoms with van der Waals surface area (Å²) in [6, 6.07) is 1.76. The molecule has 0 bridgehead atoms. The number of nitrogens with one attached hydrogen (secondary N) is 1. The average Bonchev–Trinajstić information content (AvgIpc) is 2.36.